The molecule has 2 amide bonds. The van der Waals surface area contributed by atoms with E-state index in [0.717, 1.165) is 18.2 Å². The molecule has 2 N–H and O–H groups in total. The van der Waals surface area contributed by atoms with Crippen LogP contribution in [0.2, 0.25) is 0 Å². The van der Waals surface area contributed by atoms with Gasteiger partial charge in [0.25, 0.3) is 5.91 Å². The number of nitrogens with zero attached hydrogens (tertiary/aromatic N) is 3. The first kappa shape index (κ1) is 19.4. The van der Waals surface area contributed by atoms with E-state index in [1.54, 1.807) is 13.0 Å². The van der Waals surface area contributed by atoms with Crippen LogP contribution in [-0.2, 0) is 4.79 Å². The average molecular weight is 418 g/mol. The summed E-state index contributed by atoms with van der Waals surface area (Å²) in [5.74, 6) is 5.15. The van der Waals surface area contributed by atoms with Crippen molar-refractivity contribution in [3.05, 3.63) is 42.2 Å². The van der Waals surface area contributed by atoms with E-state index in [1.807, 2.05) is 29.2 Å². The Bertz CT molecular complexity index is 1290. The van der Waals surface area contributed by atoms with Crippen molar-refractivity contribution in [1.82, 2.24) is 9.47 Å². The molecule has 2 saturated heterocycles. The highest BCUT2D eigenvalue weighted by molar-refractivity contribution is 6.17. The predicted molar refractivity (Wildman–Crippen MR) is 118 cm³/mol. The normalized spacial score (nSPS) is 20.6. The highest BCUT2D eigenvalue weighted by Crippen LogP contribution is 2.41. The predicted octanol–water partition coefficient (Wildman–Crippen LogP) is 3.31. The summed E-state index contributed by atoms with van der Waals surface area (Å²) in [5, 5.41) is 1.50. The first-order valence-corrected chi connectivity index (χ1v) is 10.5. The molecule has 31 heavy (non-hydrogen) atoms. The van der Waals surface area contributed by atoms with Gasteiger partial charge in [0.15, 0.2) is 0 Å². The van der Waals surface area contributed by atoms with E-state index < -0.39 is 6.03 Å². The second-order valence-electron chi connectivity index (χ2n) is 8.21. The number of carbonyl (C=O) groups is 2. The summed E-state index contributed by atoms with van der Waals surface area (Å²) in [7, 11) is 0. The van der Waals surface area contributed by atoms with Crippen LogP contribution in [-0.4, -0.2) is 47.1 Å². The number of para-hydroxylation sites is 1. The lowest BCUT2D eigenvalue weighted by Crippen LogP contribution is -2.47. The molecule has 6 nitrogen and oxygen atoms in total. The maximum absolute atomic E-state index is 15.2. The van der Waals surface area contributed by atoms with Crippen LogP contribution in [0.3, 0.4) is 0 Å². The van der Waals surface area contributed by atoms with Gasteiger partial charge in [-0.1, -0.05) is 24.1 Å². The number of likely N-dealkylation sites (tertiary alicyclic amines) is 1. The molecule has 1 aromatic heterocycles. The summed E-state index contributed by atoms with van der Waals surface area (Å²) in [5.41, 5.74) is 7.44. The van der Waals surface area contributed by atoms with E-state index in [2.05, 4.69) is 16.7 Å². The lowest BCUT2D eigenvalue weighted by atomic mass is 9.92. The van der Waals surface area contributed by atoms with Gasteiger partial charge in [0.1, 0.15) is 5.82 Å². The van der Waals surface area contributed by atoms with Gasteiger partial charge in [-0.05, 0) is 49.8 Å². The van der Waals surface area contributed by atoms with Gasteiger partial charge >= 0.3 is 6.03 Å². The third-order valence-electron chi connectivity index (χ3n) is 6.63. The largest absolute Gasteiger partial charge is 0.368 e. The Hall–Kier alpha value is -3.53. The van der Waals surface area contributed by atoms with E-state index in [9.17, 15) is 9.59 Å². The second kappa shape index (κ2) is 7.31. The maximum atomic E-state index is 15.2. The summed E-state index contributed by atoms with van der Waals surface area (Å²) in [6, 6.07) is 10.0. The number of aromatic nitrogens is 1. The minimum absolute atomic E-state index is 0.124. The fourth-order valence-corrected chi connectivity index (χ4v) is 5.38. The van der Waals surface area contributed by atoms with Crippen molar-refractivity contribution in [2.24, 2.45) is 11.7 Å². The highest BCUT2D eigenvalue weighted by Gasteiger charge is 2.41. The van der Waals surface area contributed by atoms with Gasteiger partial charge in [0.2, 0.25) is 0 Å². The third-order valence-corrected chi connectivity index (χ3v) is 6.63. The molecule has 0 aliphatic carbocycles. The molecule has 3 heterocycles. The first-order valence-electron chi connectivity index (χ1n) is 10.5. The Morgan fingerprint density at radius 2 is 1.90 bits per heavy atom. The Balaban J connectivity index is 1.58. The number of hydrogen-bond acceptors (Lipinski definition) is 3. The Labute approximate surface area is 179 Å². The molecule has 2 atom stereocenters. The molecule has 7 heteroatoms. The monoisotopic (exact) mass is 418 g/mol. The number of amides is 2. The zero-order valence-electron chi connectivity index (χ0n) is 17.3. The molecule has 2 unspecified atom stereocenters. The number of carbonyl (C=O) groups excluding carboxylic acids is 2. The van der Waals surface area contributed by atoms with E-state index in [4.69, 9.17) is 5.73 Å². The van der Waals surface area contributed by atoms with E-state index in [0.29, 0.717) is 41.7 Å². The first-order chi connectivity index (χ1) is 15.0. The van der Waals surface area contributed by atoms with Crippen LogP contribution in [0.4, 0.5) is 14.9 Å². The summed E-state index contributed by atoms with van der Waals surface area (Å²) < 4.78 is 16.7. The van der Waals surface area contributed by atoms with Crippen LogP contribution in [0.1, 0.15) is 19.8 Å². The van der Waals surface area contributed by atoms with Gasteiger partial charge in [-0.25, -0.2) is 9.18 Å². The van der Waals surface area contributed by atoms with E-state index in [1.165, 1.54) is 10.6 Å². The molecular formula is C24H23FN4O2. The van der Waals surface area contributed by atoms with Crippen molar-refractivity contribution >= 4 is 39.4 Å². The number of nitrogens with two attached hydrogens (primary N) is 1. The molecule has 158 valence electrons. The van der Waals surface area contributed by atoms with Crippen molar-refractivity contribution in [2.75, 3.05) is 24.5 Å². The summed E-state index contributed by atoms with van der Waals surface area (Å²) in [6.45, 7) is 3.63. The van der Waals surface area contributed by atoms with Gasteiger partial charge in [-0.3, -0.25) is 9.36 Å². The fraction of sp³-hybridized carbons (Fsp3) is 0.333. The minimum atomic E-state index is -0.593. The zero-order chi connectivity index (χ0) is 21.7. The number of halogens is 1. The van der Waals surface area contributed by atoms with Gasteiger partial charge < -0.3 is 15.5 Å². The SMILES string of the molecule is CC#CC(=O)N1CCC2CN(c3c(F)ccc4c3c3ccccc3n4C(N)=O)CCC21. The smallest absolute Gasteiger partial charge is 0.323 e. The molecular weight excluding hydrogens is 395 g/mol. The molecule has 0 saturated carbocycles. The topological polar surface area (TPSA) is 71.6 Å². The van der Waals surface area contributed by atoms with Gasteiger partial charge in [0.05, 0.1) is 16.7 Å². The van der Waals surface area contributed by atoms with E-state index in [-0.39, 0.29) is 23.7 Å². The summed E-state index contributed by atoms with van der Waals surface area (Å²) >= 11 is 0. The van der Waals surface area contributed by atoms with Crippen molar-refractivity contribution in [2.45, 2.75) is 25.8 Å². The molecule has 0 spiro atoms. The average Bonchev–Trinajstić information content (AvgIpc) is 3.32. The van der Waals surface area contributed by atoms with Crippen LogP contribution >= 0.6 is 0 Å². The van der Waals surface area contributed by atoms with Gasteiger partial charge in [-0.2, -0.15) is 0 Å². The molecule has 0 bridgehead atoms. The maximum Gasteiger partial charge on any atom is 0.323 e. The molecule has 2 fully saturated rings. The molecule has 2 aromatic carbocycles. The van der Waals surface area contributed by atoms with Gasteiger partial charge in [0, 0.05) is 36.4 Å². The van der Waals surface area contributed by atoms with Crippen molar-refractivity contribution in [1.29, 1.82) is 0 Å². The minimum Gasteiger partial charge on any atom is -0.368 e. The van der Waals surface area contributed by atoms with Crippen LogP contribution in [0.25, 0.3) is 21.8 Å². The molecule has 2 aliphatic heterocycles. The molecule has 0 radical (unpaired) electrons. The summed E-state index contributed by atoms with van der Waals surface area (Å²) in [4.78, 5) is 28.5. The van der Waals surface area contributed by atoms with Crippen LogP contribution in [0, 0.1) is 23.6 Å². The number of fused-ring (bicyclic) bond motifs is 4. The molecule has 5 rings (SSSR count). The number of primary amides is 1. The van der Waals surface area contributed by atoms with Crippen molar-refractivity contribution in [3.63, 3.8) is 0 Å². The standard InChI is InChI=1S/C24H23FN4O2/c1-2-5-21(30)28-13-10-15-14-27(12-11-18(15)28)23-17(25)8-9-20-22(23)16-6-3-4-7-19(16)29(20)24(26)31/h3-4,6-9,15,18H,10-14H2,1H3,(H2,26,31). The summed E-state index contributed by atoms with van der Waals surface area (Å²) in [6.07, 6.45) is 1.63. The zero-order valence-corrected chi connectivity index (χ0v) is 17.3. The molecule has 3 aromatic rings. The number of anilines is 1. The Morgan fingerprint density at radius 3 is 2.68 bits per heavy atom. The Kier molecular flexibility index (Phi) is 4.58. The molecule has 2 aliphatic rings. The lowest BCUT2D eigenvalue weighted by Gasteiger charge is -2.39. The number of piperidine rings is 1. The van der Waals surface area contributed by atoms with E-state index >= 15 is 4.39 Å². The second-order valence-corrected chi connectivity index (χ2v) is 8.21. The number of hydrogen-bond donors (Lipinski definition) is 1. The van der Waals surface area contributed by atoms with Crippen LogP contribution < -0.4 is 10.6 Å². The van der Waals surface area contributed by atoms with Crippen LogP contribution in [0.5, 0.6) is 0 Å². The fourth-order valence-electron chi connectivity index (χ4n) is 5.38. The third kappa shape index (κ3) is 2.94. The van der Waals surface area contributed by atoms with Crippen molar-refractivity contribution in [3.8, 4) is 11.8 Å². The highest BCUT2D eigenvalue weighted by atomic mass is 19.1. The Morgan fingerprint density at radius 1 is 1.10 bits per heavy atom. The van der Waals surface area contributed by atoms with Gasteiger partial charge in [-0.15, -0.1) is 0 Å². The number of rotatable bonds is 1. The van der Waals surface area contributed by atoms with Crippen LogP contribution in [0.15, 0.2) is 36.4 Å². The van der Waals surface area contributed by atoms with Crippen molar-refractivity contribution < 1.29 is 14.0 Å². The quantitative estimate of drug-likeness (QED) is 0.617. The number of benzene rings is 2. The lowest BCUT2D eigenvalue weighted by molar-refractivity contribution is -0.126.